The van der Waals surface area contributed by atoms with Gasteiger partial charge in [0, 0.05) is 6.04 Å². The van der Waals surface area contributed by atoms with E-state index < -0.39 is 5.41 Å². The molecule has 0 unspecified atom stereocenters. The maximum atomic E-state index is 8.90. The molecule has 0 radical (unpaired) electrons. The molecule has 1 aromatic rings. The largest absolute Gasteiger partial charge is 0.323 e. The second-order valence-electron chi connectivity index (χ2n) is 3.72. The van der Waals surface area contributed by atoms with E-state index in [1.165, 1.54) is 0 Å². The number of hydrogen-bond acceptors (Lipinski definition) is 2. The summed E-state index contributed by atoms with van der Waals surface area (Å²) in [4.78, 5) is 0. The molecule has 0 aliphatic rings. The number of nitriles is 1. The number of benzene rings is 1. The zero-order valence-corrected chi connectivity index (χ0v) is 7.99. The van der Waals surface area contributed by atoms with Gasteiger partial charge in [-0.1, -0.05) is 30.3 Å². The van der Waals surface area contributed by atoms with Crippen molar-refractivity contribution in [1.82, 2.24) is 0 Å². The number of nitrogens with zero attached hydrogens (tertiary/aromatic N) is 1. The third kappa shape index (κ3) is 2.07. The monoisotopic (exact) mass is 174 g/mol. The Kier molecular flexibility index (Phi) is 2.69. The van der Waals surface area contributed by atoms with E-state index in [0.717, 1.165) is 5.56 Å². The highest BCUT2D eigenvalue weighted by Gasteiger charge is 2.26. The average Bonchev–Trinajstić information content (AvgIpc) is 2.18. The fraction of sp³-hybridized carbons (Fsp3) is 0.364. The van der Waals surface area contributed by atoms with Crippen LogP contribution in [-0.2, 0) is 0 Å². The normalized spacial score (nSPS) is 13.4. The summed E-state index contributed by atoms with van der Waals surface area (Å²) in [7, 11) is 0. The lowest BCUT2D eigenvalue weighted by Gasteiger charge is -2.24. The Morgan fingerprint density at radius 1 is 1.31 bits per heavy atom. The second-order valence-corrected chi connectivity index (χ2v) is 3.72. The first kappa shape index (κ1) is 9.76. The van der Waals surface area contributed by atoms with Crippen LogP contribution in [0.15, 0.2) is 30.3 Å². The molecule has 0 heterocycles. The van der Waals surface area contributed by atoms with E-state index in [1.807, 2.05) is 44.2 Å². The quantitative estimate of drug-likeness (QED) is 0.747. The minimum atomic E-state index is -0.513. The molecule has 2 heteroatoms. The Labute approximate surface area is 79.0 Å². The number of hydrogen-bond donors (Lipinski definition) is 1. The summed E-state index contributed by atoms with van der Waals surface area (Å²) in [6.45, 7) is 3.70. The zero-order valence-electron chi connectivity index (χ0n) is 7.99. The smallest absolute Gasteiger partial charge is 0.0710 e. The molecule has 0 saturated heterocycles. The molecule has 0 aliphatic carbocycles. The van der Waals surface area contributed by atoms with Crippen LogP contribution in [0.5, 0.6) is 0 Å². The predicted octanol–water partition coefficient (Wildman–Crippen LogP) is 2.24. The highest BCUT2D eigenvalue weighted by molar-refractivity contribution is 5.22. The van der Waals surface area contributed by atoms with E-state index >= 15 is 0 Å². The Hall–Kier alpha value is -1.33. The van der Waals surface area contributed by atoms with Gasteiger partial charge in [-0.15, -0.1) is 0 Å². The van der Waals surface area contributed by atoms with Crippen molar-refractivity contribution < 1.29 is 0 Å². The highest BCUT2D eigenvalue weighted by atomic mass is 14.7. The SMILES string of the molecule is CC(C)(C#N)[C@@H](N)c1ccccc1. The van der Waals surface area contributed by atoms with Crippen molar-refractivity contribution in [1.29, 1.82) is 5.26 Å². The Morgan fingerprint density at radius 3 is 2.31 bits per heavy atom. The molecule has 0 fully saturated rings. The van der Waals surface area contributed by atoms with Gasteiger partial charge in [-0.25, -0.2) is 0 Å². The van der Waals surface area contributed by atoms with E-state index in [9.17, 15) is 0 Å². The number of nitrogens with two attached hydrogens (primary N) is 1. The topological polar surface area (TPSA) is 49.8 Å². The fourth-order valence-corrected chi connectivity index (χ4v) is 1.15. The Bertz CT molecular complexity index is 309. The first-order valence-corrected chi connectivity index (χ1v) is 4.29. The lowest BCUT2D eigenvalue weighted by Crippen LogP contribution is -2.27. The molecule has 0 bridgehead atoms. The summed E-state index contributed by atoms with van der Waals surface area (Å²) in [5.41, 5.74) is 6.46. The van der Waals surface area contributed by atoms with Crippen LogP contribution in [0, 0.1) is 16.7 Å². The molecular weight excluding hydrogens is 160 g/mol. The maximum absolute atomic E-state index is 8.90. The Morgan fingerprint density at radius 2 is 1.85 bits per heavy atom. The van der Waals surface area contributed by atoms with Gasteiger partial charge in [0.25, 0.3) is 0 Å². The summed E-state index contributed by atoms with van der Waals surface area (Å²) < 4.78 is 0. The van der Waals surface area contributed by atoms with Crippen molar-refractivity contribution in [2.75, 3.05) is 0 Å². The van der Waals surface area contributed by atoms with Crippen LogP contribution in [-0.4, -0.2) is 0 Å². The van der Waals surface area contributed by atoms with Crippen LogP contribution in [0.2, 0.25) is 0 Å². The third-order valence-corrected chi connectivity index (χ3v) is 2.22. The first-order valence-electron chi connectivity index (χ1n) is 4.29. The molecular formula is C11H14N2. The van der Waals surface area contributed by atoms with Gasteiger partial charge in [0.05, 0.1) is 11.5 Å². The lowest BCUT2D eigenvalue weighted by molar-refractivity contribution is 0.393. The molecule has 2 N–H and O–H groups in total. The molecule has 13 heavy (non-hydrogen) atoms. The highest BCUT2D eigenvalue weighted by Crippen LogP contribution is 2.29. The summed E-state index contributed by atoms with van der Waals surface area (Å²) >= 11 is 0. The van der Waals surface area contributed by atoms with Crippen molar-refractivity contribution in [2.24, 2.45) is 11.1 Å². The minimum absolute atomic E-state index is 0.223. The van der Waals surface area contributed by atoms with Crippen LogP contribution in [0.1, 0.15) is 25.5 Å². The van der Waals surface area contributed by atoms with Gasteiger partial charge in [0.2, 0.25) is 0 Å². The molecule has 1 aromatic carbocycles. The minimum Gasteiger partial charge on any atom is -0.323 e. The molecule has 0 aromatic heterocycles. The van der Waals surface area contributed by atoms with Crippen molar-refractivity contribution in [2.45, 2.75) is 19.9 Å². The summed E-state index contributed by atoms with van der Waals surface area (Å²) in [5.74, 6) is 0. The fourth-order valence-electron chi connectivity index (χ4n) is 1.15. The molecule has 0 saturated carbocycles. The third-order valence-electron chi connectivity index (χ3n) is 2.22. The summed E-state index contributed by atoms with van der Waals surface area (Å²) in [6.07, 6.45) is 0. The second kappa shape index (κ2) is 3.59. The van der Waals surface area contributed by atoms with Gasteiger partial charge >= 0.3 is 0 Å². The lowest BCUT2D eigenvalue weighted by atomic mass is 9.82. The van der Waals surface area contributed by atoms with Crippen LogP contribution >= 0.6 is 0 Å². The average molecular weight is 174 g/mol. The van der Waals surface area contributed by atoms with Gasteiger partial charge in [0.1, 0.15) is 0 Å². The standard InChI is InChI=1S/C11H14N2/c1-11(2,8-12)10(13)9-6-4-3-5-7-9/h3-7,10H,13H2,1-2H3/t10-/m0/s1. The van der Waals surface area contributed by atoms with Crippen molar-refractivity contribution >= 4 is 0 Å². The molecule has 1 rings (SSSR count). The van der Waals surface area contributed by atoms with Crippen molar-refractivity contribution in [3.8, 4) is 6.07 Å². The molecule has 0 amide bonds. The zero-order chi connectivity index (χ0) is 9.90. The van der Waals surface area contributed by atoms with E-state index in [4.69, 9.17) is 11.0 Å². The van der Waals surface area contributed by atoms with Gasteiger partial charge in [-0.2, -0.15) is 5.26 Å². The van der Waals surface area contributed by atoms with Crippen molar-refractivity contribution in [3.63, 3.8) is 0 Å². The van der Waals surface area contributed by atoms with Crippen LogP contribution in [0.4, 0.5) is 0 Å². The summed E-state index contributed by atoms with van der Waals surface area (Å²) in [6, 6.07) is 11.7. The number of rotatable bonds is 2. The van der Waals surface area contributed by atoms with Gasteiger partial charge in [-0.05, 0) is 19.4 Å². The van der Waals surface area contributed by atoms with Gasteiger partial charge in [-0.3, -0.25) is 0 Å². The van der Waals surface area contributed by atoms with E-state index in [-0.39, 0.29) is 6.04 Å². The molecule has 0 aliphatic heterocycles. The van der Waals surface area contributed by atoms with E-state index in [2.05, 4.69) is 6.07 Å². The molecule has 0 spiro atoms. The maximum Gasteiger partial charge on any atom is 0.0710 e. The molecule has 68 valence electrons. The van der Waals surface area contributed by atoms with Gasteiger partial charge < -0.3 is 5.73 Å². The first-order chi connectivity index (χ1) is 6.08. The van der Waals surface area contributed by atoms with Crippen LogP contribution in [0.25, 0.3) is 0 Å². The molecule has 2 nitrogen and oxygen atoms in total. The van der Waals surface area contributed by atoms with E-state index in [1.54, 1.807) is 0 Å². The van der Waals surface area contributed by atoms with Crippen molar-refractivity contribution in [3.05, 3.63) is 35.9 Å². The van der Waals surface area contributed by atoms with Gasteiger partial charge in [0.15, 0.2) is 0 Å². The van der Waals surface area contributed by atoms with Crippen LogP contribution < -0.4 is 5.73 Å². The van der Waals surface area contributed by atoms with Crippen LogP contribution in [0.3, 0.4) is 0 Å². The summed E-state index contributed by atoms with van der Waals surface area (Å²) in [5, 5.41) is 8.90. The van der Waals surface area contributed by atoms with E-state index in [0.29, 0.717) is 0 Å². The Balaban J connectivity index is 2.94. The predicted molar refractivity (Wildman–Crippen MR) is 52.8 cm³/mol. The molecule has 1 atom stereocenters.